The maximum atomic E-state index is 10.4. The van der Waals surface area contributed by atoms with E-state index in [-0.39, 0.29) is 6.54 Å². The summed E-state index contributed by atoms with van der Waals surface area (Å²) in [7, 11) is -3.61. The molecule has 4 N–H and O–H groups in total. The zero-order chi connectivity index (χ0) is 9.73. The molecule has 8 nitrogen and oxygen atoms in total. The molecule has 9 heteroatoms. The summed E-state index contributed by atoms with van der Waals surface area (Å²) in [6.45, 7) is 0.524. The van der Waals surface area contributed by atoms with Gasteiger partial charge in [-0.1, -0.05) is 5.16 Å². The van der Waals surface area contributed by atoms with Crippen LogP contribution in [0.15, 0.2) is 10.8 Å². The smallest absolute Gasteiger partial charge is 0.274 e. The molecule has 0 saturated carbocycles. The molecule has 1 heterocycles. The first-order chi connectivity index (χ1) is 6.08. The zero-order valence-corrected chi connectivity index (χ0v) is 7.41. The summed E-state index contributed by atoms with van der Waals surface area (Å²) in [6.07, 6.45) is 1.37. The van der Waals surface area contributed by atoms with E-state index in [0.29, 0.717) is 12.4 Å². The average molecular weight is 207 g/mol. The lowest BCUT2D eigenvalue weighted by atomic mass is 10.6. The predicted molar refractivity (Wildman–Crippen MR) is 43.9 cm³/mol. The Labute approximate surface area is 74.6 Å². The van der Waals surface area contributed by atoms with Gasteiger partial charge in [-0.3, -0.25) is 0 Å². The molecule has 0 fully saturated rings. The normalized spacial score (nSPS) is 11.5. The molecule has 0 radical (unpaired) electrons. The van der Waals surface area contributed by atoms with Gasteiger partial charge in [0, 0.05) is 13.1 Å². The number of rotatable bonds is 5. The Kier molecular flexibility index (Phi) is 3.17. The van der Waals surface area contributed by atoms with E-state index >= 15 is 0 Å². The van der Waals surface area contributed by atoms with E-state index in [1.54, 1.807) is 0 Å². The summed E-state index contributed by atoms with van der Waals surface area (Å²) in [6, 6.07) is 0. The monoisotopic (exact) mass is 207 g/mol. The fourth-order valence-electron chi connectivity index (χ4n) is 0.626. The minimum Gasteiger partial charge on any atom is -0.365 e. The number of nitrogens with zero attached hydrogens (tertiary/aromatic N) is 2. The van der Waals surface area contributed by atoms with Gasteiger partial charge in [0.15, 0.2) is 5.82 Å². The van der Waals surface area contributed by atoms with E-state index < -0.39 is 10.2 Å². The molecule has 0 aliphatic carbocycles. The quantitative estimate of drug-likeness (QED) is 0.493. The van der Waals surface area contributed by atoms with Crippen molar-refractivity contribution < 1.29 is 13.0 Å². The van der Waals surface area contributed by atoms with Gasteiger partial charge in [-0.25, -0.2) is 14.5 Å². The molecular formula is C4H9N5O3S. The van der Waals surface area contributed by atoms with E-state index in [9.17, 15) is 8.42 Å². The van der Waals surface area contributed by atoms with Crippen LogP contribution in [0.4, 0.5) is 5.82 Å². The van der Waals surface area contributed by atoms with E-state index in [4.69, 9.17) is 0 Å². The minimum absolute atomic E-state index is 0.172. The van der Waals surface area contributed by atoms with Crippen molar-refractivity contribution in [2.75, 3.05) is 18.4 Å². The van der Waals surface area contributed by atoms with Crippen molar-refractivity contribution in [3.05, 3.63) is 6.20 Å². The second-order valence-corrected chi connectivity index (χ2v) is 3.54. The first kappa shape index (κ1) is 9.89. The summed E-state index contributed by atoms with van der Waals surface area (Å²) in [4.78, 5) is 0. The van der Waals surface area contributed by atoms with Gasteiger partial charge >= 0.3 is 0 Å². The number of hydrogen-bond donors (Lipinski definition) is 3. The van der Waals surface area contributed by atoms with Crippen LogP contribution in [0.1, 0.15) is 0 Å². The lowest BCUT2D eigenvalue weighted by Crippen LogP contribution is -2.34. The molecule has 13 heavy (non-hydrogen) atoms. The summed E-state index contributed by atoms with van der Waals surface area (Å²) in [5.74, 6) is 0.441. The summed E-state index contributed by atoms with van der Waals surface area (Å²) < 4.78 is 27.1. The Hall–Kier alpha value is -1.19. The van der Waals surface area contributed by atoms with Crippen LogP contribution in [0.5, 0.6) is 0 Å². The van der Waals surface area contributed by atoms with Crippen LogP contribution in [0.25, 0.3) is 0 Å². The minimum atomic E-state index is -3.61. The Morgan fingerprint density at radius 3 is 2.85 bits per heavy atom. The largest absolute Gasteiger partial charge is 0.365 e. The van der Waals surface area contributed by atoms with Crippen molar-refractivity contribution in [1.29, 1.82) is 0 Å². The third-order valence-electron chi connectivity index (χ3n) is 1.10. The van der Waals surface area contributed by atoms with Gasteiger partial charge in [0.25, 0.3) is 10.2 Å². The Balaban J connectivity index is 2.16. The van der Waals surface area contributed by atoms with Gasteiger partial charge in [0.2, 0.25) is 0 Å². The second-order valence-electron chi connectivity index (χ2n) is 2.16. The van der Waals surface area contributed by atoms with Crippen LogP contribution in [0.3, 0.4) is 0 Å². The second kappa shape index (κ2) is 4.16. The molecule has 0 saturated heterocycles. The van der Waals surface area contributed by atoms with Gasteiger partial charge in [-0.2, -0.15) is 8.42 Å². The fraction of sp³-hybridized carbons (Fsp3) is 0.500. The van der Waals surface area contributed by atoms with Gasteiger partial charge in [0.1, 0.15) is 6.20 Å². The van der Waals surface area contributed by atoms with Gasteiger partial charge in [-0.15, -0.1) is 0 Å². The highest BCUT2D eigenvalue weighted by molar-refractivity contribution is 7.87. The standard InChI is InChI=1S/C4H9N5O3S/c5-13(10,11)8-2-1-6-4-3-7-12-9-4/h3,8H,1-2H2,(H,6,9)(H2,5,10,11). The topological polar surface area (TPSA) is 123 Å². The average Bonchev–Trinajstić information content (AvgIpc) is 2.48. The predicted octanol–water partition coefficient (Wildman–Crippen LogP) is -1.73. The number of nitrogens with two attached hydrogens (primary N) is 1. The van der Waals surface area contributed by atoms with Crippen molar-refractivity contribution in [2.45, 2.75) is 0 Å². The first-order valence-corrected chi connectivity index (χ1v) is 4.91. The molecule has 0 amide bonds. The molecule has 74 valence electrons. The number of nitrogens with one attached hydrogen (secondary N) is 2. The number of hydrogen-bond acceptors (Lipinski definition) is 6. The molecule has 0 spiro atoms. The van der Waals surface area contributed by atoms with Gasteiger partial charge < -0.3 is 5.32 Å². The molecule has 0 aliphatic rings. The SMILES string of the molecule is NS(=O)(=O)NCCNc1cnon1. The van der Waals surface area contributed by atoms with E-state index in [1.165, 1.54) is 6.20 Å². The zero-order valence-electron chi connectivity index (χ0n) is 6.60. The van der Waals surface area contributed by atoms with Crippen LogP contribution in [0, 0.1) is 0 Å². The maximum absolute atomic E-state index is 10.4. The highest BCUT2D eigenvalue weighted by Gasteiger charge is 1.99. The number of aromatic nitrogens is 2. The van der Waals surface area contributed by atoms with Crippen LogP contribution in [0.2, 0.25) is 0 Å². The molecule has 1 rings (SSSR count). The van der Waals surface area contributed by atoms with Crippen LogP contribution in [-0.4, -0.2) is 31.8 Å². The van der Waals surface area contributed by atoms with Crippen molar-refractivity contribution in [3.8, 4) is 0 Å². The number of anilines is 1. The molecule has 0 atom stereocenters. The highest BCUT2D eigenvalue weighted by Crippen LogP contribution is 1.95. The lowest BCUT2D eigenvalue weighted by molar-refractivity contribution is 0.308. The van der Waals surface area contributed by atoms with Gasteiger partial charge in [0.05, 0.1) is 0 Å². The molecule has 0 aromatic carbocycles. The molecule has 0 aliphatic heterocycles. The summed E-state index contributed by atoms with van der Waals surface area (Å²) >= 11 is 0. The molecule has 0 bridgehead atoms. The van der Waals surface area contributed by atoms with Gasteiger partial charge in [-0.05, 0) is 5.16 Å². The maximum Gasteiger partial charge on any atom is 0.274 e. The summed E-state index contributed by atoms with van der Waals surface area (Å²) in [5.41, 5.74) is 0. The Morgan fingerprint density at radius 1 is 1.54 bits per heavy atom. The third-order valence-corrected chi connectivity index (χ3v) is 1.70. The summed E-state index contributed by atoms with van der Waals surface area (Å²) in [5, 5.41) is 14.2. The Morgan fingerprint density at radius 2 is 2.31 bits per heavy atom. The van der Waals surface area contributed by atoms with Crippen molar-refractivity contribution >= 4 is 16.0 Å². The van der Waals surface area contributed by atoms with Crippen molar-refractivity contribution in [2.24, 2.45) is 5.14 Å². The first-order valence-electron chi connectivity index (χ1n) is 3.37. The lowest BCUT2D eigenvalue weighted by Gasteiger charge is -2.01. The molecular weight excluding hydrogens is 198 g/mol. The Bertz CT molecular complexity index is 333. The fourth-order valence-corrected chi connectivity index (χ4v) is 1.01. The molecule has 1 aromatic rings. The van der Waals surface area contributed by atoms with E-state index in [1.807, 2.05) is 0 Å². The van der Waals surface area contributed by atoms with Crippen LogP contribution in [-0.2, 0) is 10.2 Å². The highest BCUT2D eigenvalue weighted by atomic mass is 32.2. The molecule has 1 aromatic heterocycles. The molecule has 0 unspecified atom stereocenters. The van der Waals surface area contributed by atoms with Crippen molar-refractivity contribution in [1.82, 2.24) is 15.0 Å². The van der Waals surface area contributed by atoms with Crippen LogP contribution >= 0.6 is 0 Å². The van der Waals surface area contributed by atoms with E-state index in [0.717, 1.165) is 0 Å². The van der Waals surface area contributed by atoms with E-state index in [2.05, 4.69) is 30.1 Å². The van der Waals surface area contributed by atoms with Crippen LogP contribution < -0.4 is 15.2 Å². The van der Waals surface area contributed by atoms with Crippen molar-refractivity contribution in [3.63, 3.8) is 0 Å². The third kappa shape index (κ3) is 4.40.